The fraction of sp³-hybridized carbons (Fsp3) is 0.211. The van der Waals surface area contributed by atoms with Crippen LogP contribution in [0.15, 0.2) is 48.5 Å². The Hall–Kier alpha value is -2.82. The number of benzene rings is 2. The van der Waals surface area contributed by atoms with E-state index in [1.165, 1.54) is 18.2 Å². The van der Waals surface area contributed by atoms with Gasteiger partial charge in [-0.25, -0.2) is 4.39 Å². The number of carbonyl (C=O) groups is 1. The molecule has 24 heavy (non-hydrogen) atoms. The van der Waals surface area contributed by atoms with Gasteiger partial charge in [-0.1, -0.05) is 18.2 Å². The molecule has 0 atom stereocenters. The molecule has 124 valence electrons. The molecule has 0 aromatic heterocycles. The molecule has 2 aromatic rings. The lowest BCUT2D eigenvalue weighted by atomic mass is 10.1. The normalized spacial score (nSPS) is 13.1. The molecule has 3 rings (SSSR count). The Balaban J connectivity index is 1.63. The quantitative estimate of drug-likeness (QED) is 0.809. The Morgan fingerprint density at radius 1 is 1.12 bits per heavy atom. The largest absolute Gasteiger partial charge is 0.486 e. The van der Waals surface area contributed by atoms with Crippen LogP contribution in [0.1, 0.15) is 11.1 Å². The number of likely N-dealkylation sites (N-methyl/N-ethyl adjacent to an activating group) is 1. The maximum absolute atomic E-state index is 12.9. The van der Waals surface area contributed by atoms with Gasteiger partial charge in [-0.05, 0) is 41.5 Å². The van der Waals surface area contributed by atoms with E-state index in [9.17, 15) is 9.18 Å². The molecule has 1 aliphatic heterocycles. The summed E-state index contributed by atoms with van der Waals surface area (Å²) < 4.78 is 23.9. The molecular formula is C19H18FNO3. The third-order valence-corrected chi connectivity index (χ3v) is 3.69. The molecule has 0 bridgehead atoms. The second kappa shape index (κ2) is 7.17. The third-order valence-electron chi connectivity index (χ3n) is 3.69. The minimum Gasteiger partial charge on any atom is -0.486 e. The zero-order chi connectivity index (χ0) is 16.9. The van der Waals surface area contributed by atoms with E-state index in [-0.39, 0.29) is 11.7 Å². The highest BCUT2D eigenvalue weighted by Gasteiger charge is 2.11. The van der Waals surface area contributed by atoms with Crippen LogP contribution in [-0.4, -0.2) is 31.1 Å². The Labute approximate surface area is 140 Å². The van der Waals surface area contributed by atoms with E-state index in [1.807, 2.05) is 18.2 Å². The van der Waals surface area contributed by atoms with Crippen molar-refractivity contribution in [2.45, 2.75) is 6.54 Å². The third kappa shape index (κ3) is 3.93. The summed E-state index contributed by atoms with van der Waals surface area (Å²) in [5.41, 5.74) is 1.74. The van der Waals surface area contributed by atoms with E-state index in [4.69, 9.17) is 9.47 Å². The number of halogens is 1. The first-order valence-corrected chi connectivity index (χ1v) is 7.69. The topological polar surface area (TPSA) is 38.8 Å². The lowest BCUT2D eigenvalue weighted by Gasteiger charge is -2.18. The van der Waals surface area contributed by atoms with Crippen molar-refractivity contribution in [1.29, 1.82) is 0 Å². The molecule has 0 radical (unpaired) electrons. The smallest absolute Gasteiger partial charge is 0.246 e. The molecule has 1 heterocycles. The monoisotopic (exact) mass is 327 g/mol. The summed E-state index contributed by atoms with van der Waals surface area (Å²) in [6.45, 7) is 1.50. The summed E-state index contributed by atoms with van der Waals surface area (Å²) in [6.07, 6.45) is 3.25. The summed E-state index contributed by atoms with van der Waals surface area (Å²) >= 11 is 0. The van der Waals surface area contributed by atoms with E-state index < -0.39 is 0 Å². The van der Waals surface area contributed by atoms with Crippen molar-refractivity contribution >= 4 is 12.0 Å². The van der Waals surface area contributed by atoms with Crippen molar-refractivity contribution in [3.05, 3.63) is 65.5 Å². The summed E-state index contributed by atoms with van der Waals surface area (Å²) in [6, 6.07) is 11.7. The summed E-state index contributed by atoms with van der Waals surface area (Å²) in [5.74, 6) is 0.995. The molecule has 1 aliphatic rings. The van der Waals surface area contributed by atoms with Crippen LogP contribution in [-0.2, 0) is 11.3 Å². The van der Waals surface area contributed by atoms with Gasteiger partial charge in [0.25, 0.3) is 0 Å². The molecule has 0 aliphatic carbocycles. The maximum atomic E-state index is 12.9. The molecule has 0 saturated carbocycles. The Kier molecular flexibility index (Phi) is 4.79. The number of hydrogen-bond donors (Lipinski definition) is 0. The number of hydrogen-bond acceptors (Lipinski definition) is 3. The van der Waals surface area contributed by atoms with Gasteiger partial charge in [0.2, 0.25) is 5.91 Å². The molecule has 4 nitrogen and oxygen atoms in total. The van der Waals surface area contributed by atoms with E-state index in [1.54, 1.807) is 30.2 Å². The van der Waals surface area contributed by atoms with Crippen molar-refractivity contribution in [2.75, 3.05) is 20.3 Å². The van der Waals surface area contributed by atoms with Gasteiger partial charge < -0.3 is 14.4 Å². The van der Waals surface area contributed by atoms with Gasteiger partial charge in [0, 0.05) is 19.7 Å². The van der Waals surface area contributed by atoms with E-state index >= 15 is 0 Å². The first-order valence-electron chi connectivity index (χ1n) is 7.69. The van der Waals surface area contributed by atoms with Gasteiger partial charge in [-0.2, -0.15) is 0 Å². The summed E-state index contributed by atoms with van der Waals surface area (Å²) in [7, 11) is 1.71. The van der Waals surface area contributed by atoms with Crippen molar-refractivity contribution in [1.82, 2.24) is 4.90 Å². The summed E-state index contributed by atoms with van der Waals surface area (Å²) in [5, 5.41) is 0. The van der Waals surface area contributed by atoms with Crippen LogP contribution in [0.2, 0.25) is 0 Å². The lowest BCUT2D eigenvalue weighted by molar-refractivity contribution is -0.125. The van der Waals surface area contributed by atoms with E-state index in [0.717, 1.165) is 16.9 Å². The summed E-state index contributed by atoms with van der Waals surface area (Å²) in [4.78, 5) is 13.8. The molecule has 0 unspecified atom stereocenters. The van der Waals surface area contributed by atoms with Crippen LogP contribution in [0.25, 0.3) is 6.08 Å². The van der Waals surface area contributed by atoms with Crippen molar-refractivity contribution in [3.8, 4) is 11.5 Å². The van der Waals surface area contributed by atoms with Gasteiger partial charge in [-0.3, -0.25) is 4.79 Å². The fourth-order valence-corrected chi connectivity index (χ4v) is 2.40. The standard InChI is InChI=1S/C19H18FNO3/c1-21(13-15-2-6-16(20)7-3-15)19(22)9-5-14-4-8-17-18(12-14)24-11-10-23-17/h2-9,12H,10-11,13H2,1H3/b9-5+. The van der Waals surface area contributed by atoms with Crippen LogP contribution < -0.4 is 9.47 Å². The molecule has 2 aromatic carbocycles. The zero-order valence-electron chi connectivity index (χ0n) is 13.4. The molecule has 0 saturated heterocycles. The lowest BCUT2D eigenvalue weighted by Crippen LogP contribution is -2.24. The number of rotatable bonds is 4. The Bertz CT molecular complexity index is 756. The molecule has 5 heteroatoms. The minimum atomic E-state index is -0.286. The molecule has 0 fully saturated rings. The number of fused-ring (bicyclic) bond motifs is 1. The number of ether oxygens (including phenoxy) is 2. The predicted octanol–water partition coefficient (Wildman–Crippen LogP) is 3.27. The second-order valence-corrected chi connectivity index (χ2v) is 5.56. The first kappa shape index (κ1) is 16.1. The highest BCUT2D eigenvalue weighted by atomic mass is 19.1. The number of amides is 1. The molecule has 0 spiro atoms. The SMILES string of the molecule is CN(Cc1ccc(F)cc1)C(=O)/C=C/c1ccc2c(c1)OCCO2. The second-order valence-electron chi connectivity index (χ2n) is 5.56. The Morgan fingerprint density at radius 3 is 2.58 bits per heavy atom. The van der Waals surface area contributed by atoms with E-state index in [0.29, 0.717) is 25.5 Å². The van der Waals surface area contributed by atoms with Crippen LogP contribution in [0.5, 0.6) is 11.5 Å². The van der Waals surface area contributed by atoms with Crippen LogP contribution in [0.3, 0.4) is 0 Å². The average Bonchev–Trinajstić information content (AvgIpc) is 2.61. The highest BCUT2D eigenvalue weighted by molar-refractivity contribution is 5.91. The Morgan fingerprint density at radius 2 is 1.83 bits per heavy atom. The van der Waals surface area contributed by atoms with Crippen LogP contribution in [0, 0.1) is 5.82 Å². The molecular weight excluding hydrogens is 309 g/mol. The fourth-order valence-electron chi connectivity index (χ4n) is 2.40. The van der Waals surface area contributed by atoms with E-state index in [2.05, 4.69) is 0 Å². The van der Waals surface area contributed by atoms with Gasteiger partial charge >= 0.3 is 0 Å². The minimum absolute atomic E-state index is 0.130. The van der Waals surface area contributed by atoms with Crippen LogP contribution in [0.4, 0.5) is 4.39 Å². The maximum Gasteiger partial charge on any atom is 0.246 e. The van der Waals surface area contributed by atoms with Crippen molar-refractivity contribution < 1.29 is 18.7 Å². The van der Waals surface area contributed by atoms with Gasteiger partial charge in [0.05, 0.1) is 0 Å². The molecule has 1 amide bonds. The predicted molar refractivity (Wildman–Crippen MR) is 89.3 cm³/mol. The molecule has 0 N–H and O–H groups in total. The zero-order valence-corrected chi connectivity index (χ0v) is 13.4. The van der Waals surface area contributed by atoms with Gasteiger partial charge in [0.1, 0.15) is 19.0 Å². The number of nitrogens with zero attached hydrogens (tertiary/aromatic N) is 1. The first-order chi connectivity index (χ1) is 11.6. The van der Waals surface area contributed by atoms with Gasteiger partial charge in [-0.15, -0.1) is 0 Å². The highest BCUT2D eigenvalue weighted by Crippen LogP contribution is 2.31. The van der Waals surface area contributed by atoms with Crippen molar-refractivity contribution in [2.24, 2.45) is 0 Å². The van der Waals surface area contributed by atoms with Crippen LogP contribution >= 0.6 is 0 Å². The van der Waals surface area contributed by atoms with Crippen molar-refractivity contribution in [3.63, 3.8) is 0 Å². The van der Waals surface area contributed by atoms with Gasteiger partial charge in [0.15, 0.2) is 11.5 Å². The number of carbonyl (C=O) groups excluding carboxylic acids is 1. The average molecular weight is 327 g/mol.